The predicted molar refractivity (Wildman–Crippen MR) is 74.0 cm³/mol. The Bertz CT molecular complexity index is 597. The van der Waals surface area contributed by atoms with Gasteiger partial charge in [0.15, 0.2) is 0 Å². The lowest BCUT2D eigenvalue weighted by Crippen LogP contribution is -2.21. The van der Waals surface area contributed by atoms with Gasteiger partial charge in [-0.3, -0.25) is 4.79 Å². The van der Waals surface area contributed by atoms with Crippen molar-refractivity contribution in [3.8, 4) is 0 Å². The van der Waals surface area contributed by atoms with Gasteiger partial charge in [-0.2, -0.15) is 0 Å². The molecule has 0 aliphatic rings. The third-order valence-electron chi connectivity index (χ3n) is 2.47. The summed E-state index contributed by atoms with van der Waals surface area (Å²) in [5.41, 5.74) is 6.56. The number of urea groups is 1. The Morgan fingerprint density at radius 1 is 0.789 bits per heavy atom. The molecule has 0 unspecified atom stereocenters. The number of carbonyl (C=O) groups excluding carboxylic acids is 2. The molecule has 0 spiro atoms. The Kier molecular flexibility index (Phi) is 3.78. The van der Waals surface area contributed by atoms with Gasteiger partial charge in [0.05, 0.1) is 11.4 Å². The zero-order valence-corrected chi connectivity index (χ0v) is 10.1. The molecule has 2 aromatic carbocycles. The lowest BCUT2D eigenvalue weighted by molar-refractivity contribution is 0.102. The number of nitrogens with one attached hydrogen (secondary N) is 2. The number of benzene rings is 2. The van der Waals surface area contributed by atoms with E-state index in [2.05, 4.69) is 10.6 Å². The van der Waals surface area contributed by atoms with Gasteiger partial charge in [-0.15, -0.1) is 0 Å². The van der Waals surface area contributed by atoms with Crippen molar-refractivity contribution >= 4 is 23.3 Å². The monoisotopic (exact) mass is 255 g/mol. The number of hydrogen-bond acceptors (Lipinski definition) is 2. The molecule has 5 nitrogen and oxygen atoms in total. The van der Waals surface area contributed by atoms with Crippen molar-refractivity contribution in [1.29, 1.82) is 0 Å². The van der Waals surface area contributed by atoms with Crippen LogP contribution in [0.1, 0.15) is 10.4 Å². The van der Waals surface area contributed by atoms with E-state index >= 15 is 0 Å². The normalized spacial score (nSPS) is 9.68. The van der Waals surface area contributed by atoms with Crippen molar-refractivity contribution in [2.75, 3.05) is 10.6 Å². The molecule has 96 valence electrons. The first-order valence-corrected chi connectivity index (χ1v) is 5.68. The number of nitrogens with two attached hydrogens (primary N) is 1. The van der Waals surface area contributed by atoms with Gasteiger partial charge >= 0.3 is 6.03 Å². The average Bonchev–Trinajstić information content (AvgIpc) is 2.41. The summed E-state index contributed by atoms with van der Waals surface area (Å²) < 4.78 is 0. The predicted octanol–water partition coefficient (Wildman–Crippen LogP) is 2.43. The fourth-order valence-electron chi connectivity index (χ4n) is 1.62. The lowest BCUT2D eigenvalue weighted by atomic mass is 10.2. The van der Waals surface area contributed by atoms with Crippen LogP contribution in [0.25, 0.3) is 0 Å². The van der Waals surface area contributed by atoms with Crippen molar-refractivity contribution in [3.63, 3.8) is 0 Å². The molecule has 2 aromatic rings. The number of anilines is 2. The molecule has 0 bridgehead atoms. The summed E-state index contributed by atoms with van der Waals surface area (Å²) in [6.45, 7) is 0. The molecule has 0 heterocycles. The second-order valence-corrected chi connectivity index (χ2v) is 3.85. The van der Waals surface area contributed by atoms with Crippen LogP contribution in [0, 0.1) is 0 Å². The number of para-hydroxylation sites is 2. The summed E-state index contributed by atoms with van der Waals surface area (Å²) in [6.07, 6.45) is 0. The first-order valence-electron chi connectivity index (χ1n) is 5.68. The van der Waals surface area contributed by atoms with E-state index in [-0.39, 0.29) is 5.91 Å². The summed E-state index contributed by atoms with van der Waals surface area (Å²) in [5, 5.41) is 5.18. The molecule has 2 rings (SSSR count). The first-order chi connectivity index (χ1) is 9.16. The Morgan fingerprint density at radius 3 is 1.89 bits per heavy atom. The number of carbonyl (C=O) groups is 2. The van der Waals surface area contributed by atoms with Crippen molar-refractivity contribution in [2.45, 2.75) is 0 Å². The minimum absolute atomic E-state index is 0.251. The van der Waals surface area contributed by atoms with Crippen molar-refractivity contribution in [2.24, 2.45) is 5.73 Å². The highest BCUT2D eigenvalue weighted by Gasteiger charge is 2.09. The zero-order valence-electron chi connectivity index (χ0n) is 10.1. The molecule has 0 aromatic heterocycles. The Morgan fingerprint density at radius 2 is 1.32 bits per heavy atom. The molecule has 0 atom stereocenters. The van der Waals surface area contributed by atoms with Gasteiger partial charge in [0.2, 0.25) is 0 Å². The van der Waals surface area contributed by atoms with Crippen LogP contribution in [-0.2, 0) is 0 Å². The van der Waals surface area contributed by atoms with E-state index < -0.39 is 6.03 Å². The Balaban J connectivity index is 2.19. The summed E-state index contributed by atoms with van der Waals surface area (Å²) in [7, 11) is 0. The molecule has 19 heavy (non-hydrogen) atoms. The van der Waals surface area contributed by atoms with Gasteiger partial charge in [0.1, 0.15) is 0 Å². The molecule has 0 aliphatic heterocycles. The van der Waals surface area contributed by atoms with Crippen molar-refractivity contribution < 1.29 is 9.59 Å². The van der Waals surface area contributed by atoms with Crippen LogP contribution >= 0.6 is 0 Å². The highest BCUT2D eigenvalue weighted by Crippen LogP contribution is 2.21. The van der Waals surface area contributed by atoms with E-state index in [9.17, 15) is 9.59 Å². The largest absolute Gasteiger partial charge is 0.351 e. The summed E-state index contributed by atoms with van der Waals surface area (Å²) in [5.74, 6) is -0.251. The quantitative estimate of drug-likeness (QED) is 0.787. The highest BCUT2D eigenvalue weighted by molar-refractivity contribution is 6.07. The third kappa shape index (κ3) is 3.32. The molecule has 0 fully saturated rings. The molecule has 0 aliphatic carbocycles. The van der Waals surface area contributed by atoms with E-state index in [0.717, 1.165) is 0 Å². The number of primary amides is 1. The standard InChI is InChI=1S/C14H13N3O2/c15-14(19)17-12-9-5-4-8-11(12)16-13(18)10-6-2-1-3-7-10/h1-9H,(H,16,18)(H3,15,17,19). The van der Waals surface area contributed by atoms with E-state index in [4.69, 9.17) is 5.73 Å². The summed E-state index contributed by atoms with van der Waals surface area (Å²) >= 11 is 0. The third-order valence-corrected chi connectivity index (χ3v) is 2.47. The van der Waals surface area contributed by atoms with Crippen molar-refractivity contribution in [3.05, 3.63) is 60.2 Å². The zero-order chi connectivity index (χ0) is 13.7. The molecule has 3 amide bonds. The van der Waals surface area contributed by atoms with E-state index in [1.807, 2.05) is 6.07 Å². The molecule has 0 radical (unpaired) electrons. The smallest absolute Gasteiger partial charge is 0.316 e. The molecule has 0 saturated heterocycles. The van der Waals surface area contributed by atoms with Crippen LogP contribution in [0.5, 0.6) is 0 Å². The van der Waals surface area contributed by atoms with Gasteiger partial charge in [-0.25, -0.2) is 4.79 Å². The second-order valence-electron chi connectivity index (χ2n) is 3.85. The second kappa shape index (κ2) is 5.68. The number of hydrogen-bond donors (Lipinski definition) is 3. The van der Waals surface area contributed by atoms with Crippen LogP contribution in [0.15, 0.2) is 54.6 Å². The molecule has 5 heteroatoms. The highest BCUT2D eigenvalue weighted by atomic mass is 16.2. The van der Waals surface area contributed by atoms with Crippen LogP contribution < -0.4 is 16.4 Å². The van der Waals surface area contributed by atoms with Gasteiger partial charge < -0.3 is 16.4 Å². The molecule has 4 N–H and O–H groups in total. The minimum Gasteiger partial charge on any atom is -0.351 e. The molecular formula is C14H13N3O2. The number of rotatable bonds is 3. The van der Waals surface area contributed by atoms with Crippen LogP contribution in [0.3, 0.4) is 0 Å². The molecule has 0 saturated carbocycles. The Labute approximate surface area is 110 Å². The fourth-order valence-corrected chi connectivity index (χ4v) is 1.62. The first kappa shape index (κ1) is 12.6. The fraction of sp³-hybridized carbons (Fsp3) is 0. The summed E-state index contributed by atoms with van der Waals surface area (Å²) in [6, 6.07) is 15.0. The summed E-state index contributed by atoms with van der Waals surface area (Å²) in [4.78, 5) is 22.9. The van der Waals surface area contributed by atoms with Gasteiger partial charge in [0, 0.05) is 5.56 Å². The maximum atomic E-state index is 12.0. The van der Waals surface area contributed by atoms with Gasteiger partial charge in [-0.1, -0.05) is 30.3 Å². The Hall–Kier alpha value is -2.82. The van der Waals surface area contributed by atoms with Crippen LogP contribution in [0.2, 0.25) is 0 Å². The number of amides is 3. The SMILES string of the molecule is NC(=O)Nc1ccccc1NC(=O)c1ccccc1. The van der Waals surface area contributed by atoms with E-state index in [0.29, 0.717) is 16.9 Å². The topological polar surface area (TPSA) is 84.2 Å². The van der Waals surface area contributed by atoms with Crippen molar-refractivity contribution in [1.82, 2.24) is 0 Å². The lowest BCUT2D eigenvalue weighted by Gasteiger charge is -2.10. The van der Waals surface area contributed by atoms with Crippen LogP contribution in [0.4, 0.5) is 16.2 Å². The van der Waals surface area contributed by atoms with E-state index in [1.54, 1.807) is 48.5 Å². The molecular weight excluding hydrogens is 242 g/mol. The van der Waals surface area contributed by atoms with Crippen LogP contribution in [-0.4, -0.2) is 11.9 Å². The maximum Gasteiger partial charge on any atom is 0.316 e. The minimum atomic E-state index is -0.679. The van der Waals surface area contributed by atoms with E-state index in [1.165, 1.54) is 0 Å². The van der Waals surface area contributed by atoms with Gasteiger partial charge in [0.25, 0.3) is 5.91 Å². The average molecular weight is 255 g/mol. The maximum absolute atomic E-state index is 12.0. The van der Waals surface area contributed by atoms with Gasteiger partial charge in [-0.05, 0) is 24.3 Å².